The zero-order valence-electron chi connectivity index (χ0n) is 11.1. The summed E-state index contributed by atoms with van der Waals surface area (Å²) in [5.74, 6) is -0.254. The Bertz CT molecular complexity index is 629. The summed E-state index contributed by atoms with van der Waals surface area (Å²) in [5, 5.41) is 0. The van der Waals surface area contributed by atoms with Gasteiger partial charge in [-0.15, -0.1) is 11.8 Å². The lowest BCUT2D eigenvalue weighted by atomic mass is 10.1. The first-order valence-corrected chi connectivity index (χ1v) is 8.21. The Kier molecular flexibility index (Phi) is 5.94. The molecule has 110 valence electrons. The molecule has 2 aromatic rings. The summed E-state index contributed by atoms with van der Waals surface area (Å²) in [6, 6.07) is 10.6. The van der Waals surface area contributed by atoms with Gasteiger partial charge in [-0.3, -0.25) is 4.79 Å². The minimum Gasteiger partial charge on any atom is -0.294 e. The fraction of sp³-hybridized carbons (Fsp3) is 0.188. The highest BCUT2D eigenvalue weighted by molar-refractivity contribution is 9.10. The monoisotopic (exact) mass is 370 g/mol. The molecular weight excluding hydrogens is 358 g/mol. The van der Waals surface area contributed by atoms with Crippen LogP contribution in [0.25, 0.3) is 0 Å². The Morgan fingerprint density at radius 3 is 2.52 bits per heavy atom. The van der Waals surface area contributed by atoms with Gasteiger partial charge in [0.05, 0.1) is 0 Å². The van der Waals surface area contributed by atoms with Crippen LogP contribution in [0, 0.1) is 11.6 Å². The van der Waals surface area contributed by atoms with Crippen molar-refractivity contribution in [1.29, 1.82) is 0 Å². The van der Waals surface area contributed by atoms with Gasteiger partial charge in [0, 0.05) is 21.4 Å². The second-order valence-electron chi connectivity index (χ2n) is 4.46. The first kappa shape index (κ1) is 16.2. The van der Waals surface area contributed by atoms with Gasteiger partial charge in [-0.2, -0.15) is 0 Å². The Labute approximate surface area is 134 Å². The molecule has 0 aliphatic carbocycles. The number of thioether (sulfide) groups is 1. The number of benzene rings is 2. The van der Waals surface area contributed by atoms with E-state index in [2.05, 4.69) is 15.9 Å². The molecule has 0 atom stereocenters. The van der Waals surface area contributed by atoms with Crippen LogP contribution in [-0.4, -0.2) is 11.5 Å². The van der Waals surface area contributed by atoms with Gasteiger partial charge in [0.15, 0.2) is 5.78 Å². The topological polar surface area (TPSA) is 17.1 Å². The Morgan fingerprint density at radius 2 is 1.81 bits per heavy atom. The quantitative estimate of drug-likeness (QED) is 0.380. The van der Waals surface area contributed by atoms with Crippen LogP contribution in [0.5, 0.6) is 0 Å². The lowest BCUT2D eigenvalue weighted by Crippen LogP contribution is -1.99. The number of rotatable bonds is 6. The summed E-state index contributed by atoms with van der Waals surface area (Å²) in [7, 11) is 0. The van der Waals surface area contributed by atoms with Gasteiger partial charge in [0.2, 0.25) is 0 Å². The molecule has 2 aromatic carbocycles. The molecular formula is C16H13BrF2OS. The van der Waals surface area contributed by atoms with Gasteiger partial charge in [0.25, 0.3) is 0 Å². The van der Waals surface area contributed by atoms with Crippen LogP contribution in [-0.2, 0) is 0 Å². The van der Waals surface area contributed by atoms with Crippen molar-refractivity contribution in [2.45, 2.75) is 17.7 Å². The summed E-state index contributed by atoms with van der Waals surface area (Å²) in [4.78, 5) is 12.2. The minimum absolute atomic E-state index is 0.0582. The van der Waals surface area contributed by atoms with Crippen molar-refractivity contribution in [3.05, 3.63) is 64.1 Å². The van der Waals surface area contributed by atoms with Crippen molar-refractivity contribution in [2.75, 3.05) is 5.75 Å². The average Bonchev–Trinajstić information content (AvgIpc) is 2.47. The second kappa shape index (κ2) is 7.71. The molecule has 0 amide bonds. The van der Waals surface area contributed by atoms with Gasteiger partial charge < -0.3 is 0 Å². The number of halogens is 3. The number of carbonyl (C=O) groups excluding carboxylic acids is 1. The van der Waals surface area contributed by atoms with E-state index in [9.17, 15) is 13.6 Å². The highest BCUT2D eigenvalue weighted by Gasteiger charge is 2.07. The SMILES string of the molecule is O=C(CCCSc1cc(F)ccc1F)c1ccc(Br)cc1. The van der Waals surface area contributed by atoms with Crippen molar-refractivity contribution in [3.8, 4) is 0 Å². The van der Waals surface area contributed by atoms with Gasteiger partial charge in [-0.05, 0) is 42.5 Å². The summed E-state index contributed by atoms with van der Waals surface area (Å²) >= 11 is 4.54. The first-order valence-electron chi connectivity index (χ1n) is 6.43. The predicted molar refractivity (Wildman–Crippen MR) is 84.8 cm³/mol. The Hall–Kier alpha value is -1.20. The number of carbonyl (C=O) groups is 1. The van der Waals surface area contributed by atoms with Crippen LogP contribution in [0.1, 0.15) is 23.2 Å². The third-order valence-electron chi connectivity index (χ3n) is 2.87. The molecule has 0 aliphatic heterocycles. The maximum atomic E-state index is 13.4. The lowest BCUT2D eigenvalue weighted by molar-refractivity contribution is 0.0982. The minimum atomic E-state index is -0.454. The highest BCUT2D eigenvalue weighted by Crippen LogP contribution is 2.24. The van der Waals surface area contributed by atoms with Crippen molar-refractivity contribution in [1.82, 2.24) is 0 Å². The molecule has 0 fully saturated rings. The smallest absolute Gasteiger partial charge is 0.162 e. The van der Waals surface area contributed by atoms with E-state index in [1.54, 1.807) is 12.1 Å². The van der Waals surface area contributed by atoms with E-state index in [4.69, 9.17) is 0 Å². The van der Waals surface area contributed by atoms with E-state index in [0.29, 0.717) is 24.2 Å². The molecule has 0 radical (unpaired) electrons. The number of hydrogen-bond acceptors (Lipinski definition) is 2. The van der Waals surface area contributed by atoms with Crippen LogP contribution in [0.2, 0.25) is 0 Å². The van der Waals surface area contributed by atoms with E-state index in [0.717, 1.165) is 16.6 Å². The molecule has 2 rings (SSSR count). The van der Waals surface area contributed by atoms with Crippen LogP contribution in [0.3, 0.4) is 0 Å². The van der Waals surface area contributed by atoms with E-state index in [1.807, 2.05) is 12.1 Å². The van der Waals surface area contributed by atoms with E-state index in [1.165, 1.54) is 17.8 Å². The summed E-state index contributed by atoms with van der Waals surface area (Å²) in [6.45, 7) is 0. The third-order valence-corrected chi connectivity index (χ3v) is 4.51. The van der Waals surface area contributed by atoms with Crippen molar-refractivity contribution < 1.29 is 13.6 Å². The van der Waals surface area contributed by atoms with E-state index in [-0.39, 0.29) is 10.7 Å². The number of ketones is 1. The maximum absolute atomic E-state index is 13.4. The molecule has 21 heavy (non-hydrogen) atoms. The molecule has 0 saturated heterocycles. The number of hydrogen-bond donors (Lipinski definition) is 0. The van der Waals surface area contributed by atoms with E-state index < -0.39 is 11.6 Å². The highest BCUT2D eigenvalue weighted by atomic mass is 79.9. The molecule has 0 unspecified atom stereocenters. The summed E-state index contributed by atoms with van der Waals surface area (Å²) in [5.41, 5.74) is 0.667. The van der Waals surface area contributed by atoms with Gasteiger partial charge >= 0.3 is 0 Å². The molecule has 0 spiro atoms. The lowest BCUT2D eigenvalue weighted by Gasteiger charge is -2.04. The molecule has 0 bridgehead atoms. The summed E-state index contributed by atoms with van der Waals surface area (Å²) in [6.07, 6.45) is 1.01. The van der Waals surface area contributed by atoms with Gasteiger partial charge in [0.1, 0.15) is 11.6 Å². The van der Waals surface area contributed by atoms with Crippen LogP contribution < -0.4 is 0 Å². The summed E-state index contributed by atoms with van der Waals surface area (Å²) < 4.78 is 27.3. The zero-order chi connectivity index (χ0) is 15.2. The van der Waals surface area contributed by atoms with Crippen molar-refractivity contribution >= 4 is 33.5 Å². The Morgan fingerprint density at radius 1 is 1.10 bits per heavy atom. The molecule has 0 heterocycles. The largest absolute Gasteiger partial charge is 0.294 e. The van der Waals surface area contributed by atoms with Gasteiger partial charge in [-0.25, -0.2) is 8.78 Å². The molecule has 0 saturated carbocycles. The van der Waals surface area contributed by atoms with Crippen molar-refractivity contribution in [3.63, 3.8) is 0 Å². The first-order chi connectivity index (χ1) is 10.1. The fourth-order valence-electron chi connectivity index (χ4n) is 1.78. The van der Waals surface area contributed by atoms with Gasteiger partial charge in [-0.1, -0.05) is 28.1 Å². The molecule has 0 N–H and O–H groups in total. The fourth-order valence-corrected chi connectivity index (χ4v) is 2.96. The second-order valence-corrected chi connectivity index (χ2v) is 6.51. The third kappa shape index (κ3) is 4.93. The predicted octanol–water partition coefficient (Wildman–Crippen LogP) is 5.48. The maximum Gasteiger partial charge on any atom is 0.162 e. The normalized spacial score (nSPS) is 10.6. The van der Waals surface area contributed by atoms with Crippen molar-refractivity contribution in [2.24, 2.45) is 0 Å². The Balaban J connectivity index is 1.80. The average molecular weight is 371 g/mol. The van der Waals surface area contributed by atoms with Crippen LogP contribution in [0.4, 0.5) is 8.78 Å². The number of Topliss-reactive ketones (excluding diaryl/α,β-unsaturated/α-hetero) is 1. The molecule has 5 heteroatoms. The molecule has 0 aliphatic rings. The van der Waals surface area contributed by atoms with Crippen LogP contribution in [0.15, 0.2) is 51.8 Å². The molecule has 0 aromatic heterocycles. The molecule has 1 nitrogen and oxygen atoms in total. The van der Waals surface area contributed by atoms with E-state index >= 15 is 0 Å². The standard InChI is InChI=1S/C16H13BrF2OS/c17-12-5-3-11(4-6-12)15(20)2-1-9-21-16-10-13(18)7-8-14(16)19/h3-8,10H,1-2,9H2. The zero-order valence-corrected chi connectivity index (χ0v) is 13.5. The van der Waals surface area contributed by atoms with Crippen LogP contribution >= 0.6 is 27.7 Å².